The molecular weight excluding hydrogens is 236 g/mol. The molecule has 17 heavy (non-hydrogen) atoms. The van der Waals surface area contributed by atoms with Gasteiger partial charge in [-0.2, -0.15) is 0 Å². The first-order valence-electron chi connectivity index (χ1n) is 5.13. The van der Waals surface area contributed by atoms with Crippen LogP contribution in [0.5, 0.6) is 0 Å². The van der Waals surface area contributed by atoms with E-state index in [1.807, 2.05) is 19.9 Å². The highest BCUT2D eigenvalue weighted by Gasteiger charge is 2.16. The standard InChI is InChI=1S/C12H12N2O2S/c1-6-4-7(2)9(13-5-6)11-14-8(3)10(17-11)12(15)16/h4-5H,1-3H3,(H,15,16). The molecular formula is C12H12N2O2S. The maximum absolute atomic E-state index is 11.0. The quantitative estimate of drug-likeness (QED) is 0.887. The fraction of sp³-hybridized carbons (Fsp3) is 0.250. The average molecular weight is 248 g/mol. The van der Waals surface area contributed by atoms with E-state index >= 15 is 0 Å². The molecule has 88 valence electrons. The van der Waals surface area contributed by atoms with Crippen LogP contribution in [0, 0.1) is 20.8 Å². The van der Waals surface area contributed by atoms with Crippen LogP contribution in [0.25, 0.3) is 10.7 Å². The molecule has 0 spiro atoms. The van der Waals surface area contributed by atoms with Crippen molar-refractivity contribution in [3.8, 4) is 10.7 Å². The zero-order valence-electron chi connectivity index (χ0n) is 9.81. The highest BCUT2D eigenvalue weighted by atomic mass is 32.1. The Morgan fingerprint density at radius 3 is 2.59 bits per heavy atom. The minimum atomic E-state index is -0.934. The highest BCUT2D eigenvalue weighted by Crippen LogP contribution is 2.28. The predicted octanol–water partition coefficient (Wildman–Crippen LogP) is 2.83. The number of carboxylic acids is 1. The van der Waals surface area contributed by atoms with Gasteiger partial charge in [0.25, 0.3) is 0 Å². The Morgan fingerprint density at radius 1 is 1.35 bits per heavy atom. The summed E-state index contributed by atoms with van der Waals surface area (Å²) in [4.78, 5) is 19.8. The Bertz CT molecular complexity index is 590. The van der Waals surface area contributed by atoms with Gasteiger partial charge in [-0.3, -0.25) is 4.98 Å². The zero-order chi connectivity index (χ0) is 12.6. The van der Waals surface area contributed by atoms with Crippen LogP contribution in [-0.4, -0.2) is 21.0 Å². The van der Waals surface area contributed by atoms with Gasteiger partial charge in [-0.1, -0.05) is 6.07 Å². The minimum absolute atomic E-state index is 0.279. The summed E-state index contributed by atoms with van der Waals surface area (Å²) < 4.78 is 0. The number of aromatic nitrogens is 2. The van der Waals surface area contributed by atoms with Gasteiger partial charge in [0.15, 0.2) is 0 Å². The van der Waals surface area contributed by atoms with Crippen molar-refractivity contribution >= 4 is 17.3 Å². The lowest BCUT2D eigenvalue weighted by Gasteiger charge is -2.01. The molecule has 0 fully saturated rings. The summed E-state index contributed by atoms with van der Waals surface area (Å²) in [5.41, 5.74) is 3.39. The van der Waals surface area contributed by atoms with Crippen molar-refractivity contribution in [3.05, 3.63) is 34.0 Å². The van der Waals surface area contributed by atoms with Crippen molar-refractivity contribution in [2.75, 3.05) is 0 Å². The van der Waals surface area contributed by atoms with E-state index < -0.39 is 5.97 Å². The number of aryl methyl sites for hydroxylation is 3. The SMILES string of the molecule is Cc1cnc(-c2nc(C)c(C(=O)O)s2)c(C)c1. The number of carbonyl (C=O) groups is 1. The highest BCUT2D eigenvalue weighted by molar-refractivity contribution is 7.17. The molecule has 5 heteroatoms. The number of nitrogens with zero attached hydrogens (tertiary/aromatic N) is 2. The number of thiazole rings is 1. The van der Waals surface area contributed by atoms with Crippen LogP contribution < -0.4 is 0 Å². The zero-order valence-corrected chi connectivity index (χ0v) is 10.6. The number of rotatable bonds is 2. The molecule has 0 radical (unpaired) electrons. The molecule has 1 N–H and O–H groups in total. The summed E-state index contributed by atoms with van der Waals surface area (Å²) in [7, 11) is 0. The van der Waals surface area contributed by atoms with Crippen molar-refractivity contribution in [3.63, 3.8) is 0 Å². The van der Waals surface area contributed by atoms with Gasteiger partial charge in [0, 0.05) is 6.20 Å². The molecule has 4 nitrogen and oxygen atoms in total. The second-order valence-corrected chi connectivity index (χ2v) is 4.92. The Kier molecular flexibility index (Phi) is 2.93. The molecule has 0 amide bonds. The van der Waals surface area contributed by atoms with Gasteiger partial charge in [-0.05, 0) is 31.9 Å². The van der Waals surface area contributed by atoms with Crippen LogP contribution in [0.1, 0.15) is 26.5 Å². The molecule has 0 bridgehead atoms. The molecule has 0 unspecified atom stereocenters. The molecule has 2 aromatic heterocycles. The fourth-order valence-electron chi connectivity index (χ4n) is 1.64. The van der Waals surface area contributed by atoms with Crippen molar-refractivity contribution in [2.24, 2.45) is 0 Å². The summed E-state index contributed by atoms with van der Waals surface area (Å²) in [5, 5.41) is 9.65. The van der Waals surface area contributed by atoms with Gasteiger partial charge in [0.2, 0.25) is 0 Å². The lowest BCUT2D eigenvalue weighted by molar-refractivity contribution is 0.0701. The van der Waals surface area contributed by atoms with Crippen LogP contribution in [0.15, 0.2) is 12.3 Å². The predicted molar refractivity (Wildman–Crippen MR) is 66.5 cm³/mol. The summed E-state index contributed by atoms with van der Waals surface area (Å²) in [6, 6.07) is 2.01. The van der Waals surface area contributed by atoms with Crippen LogP contribution in [0.3, 0.4) is 0 Å². The van der Waals surface area contributed by atoms with Gasteiger partial charge < -0.3 is 5.11 Å². The van der Waals surface area contributed by atoms with Crippen LogP contribution in [-0.2, 0) is 0 Å². The Labute approximate surface area is 103 Å². The van der Waals surface area contributed by atoms with Gasteiger partial charge >= 0.3 is 5.97 Å². The molecule has 2 heterocycles. The van der Waals surface area contributed by atoms with E-state index in [1.165, 1.54) is 11.3 Å². The largest absolute Gasteiger partial charge is 0.477 e. The van der Waals surface area contributed by atoms with Gasteiger partial charge in [0.1, 0.15) is 15.6 Å². The molecule has 0 aliphatic heterocycles. The first kappa shape index (κ1) is 11.7. The monoisotopic (exact) mass is 248 g/mol. The third kappa shape index (κ3) is 2.19. The third-order valence-corrected chi connectivity index (χ3v) is 3.56. The van der Waals surface area contributed by atoms with E-state index in [1.54, 1.807) is 13.1 Å². The van der Waals surface area contributed by atoms with E-state index in [0.717, 1.165) is 16.8 Å². The van der Waals surface area contributed by atoms with E-state index in [-0.39, 0.29) is 4.88 Å². The Hall–Kier alpha value is -1.75. The van der Waals surface area contributed by atoms with Crippen molar-refractivity contribution in [2.45, 2.75) is 20.8 Å². The Balaban J connectivity index is 2.53. The van der Waals surface area contributed by atoms with Crippen LogP contribution >= 0.6 is 11.3 Å². The molecule has 0 aromatic carbocycles. The van der Waals surface area contributed by atoms with Crippen molar-refractivity contribution < 1.29 is 9.90 Å². The maximum atomic E-state index is 11.0. The normalized spacial score (nSPS) is 10.5. The topological polar surface area (TPSA) is 63.1 Å². The first-order chi connectivity index (χ1) is 7.99. The Morgan fingerprint density at radius 2 is 2.06 bits per heavy atom. The second-order valence-electron chi connectivity index (χ2n) is 3.92. The third-order valence-electron chi connectivity index (χ3n) is 2.41. The maximum Gasteiger partial charge on any atom is 0.347 e. The molecule has 0 aliphatic rings. The first-order valence-corrected chi connectivity index (χ1v) is 5.95. The summed E-state index contributed by atoms with van der Waals surface area (Å²) in [6.45, 7) is 5.62. The number of pyridine rings is 1. The fourth-order valence-corrected chi connectivity index (χ4v) is 2.60. The van der Waals surface area contributed by atoms with E-state index in [0.29, 0.717) is 10.7 Å². The lowest BCUT2D eigenvalue weighted by Crippen LogP contribution is -1.94. The van der Waals surface area contributed by atoms with Gasteiger partial charge in [-0.15, -0.1) is 11.3 Å². The van der Waals surface area contributed by atoms with Crippen molar-refractivity contribution in [1.29, 1.82) is 0 Å². The molecule has 2 aromatic rings. The van der Waals surface area contributed by atoms with E-state index in [9.17, 15) is 4.79 Å². The number of carboxylic acid groups (broad SMARTS) is 1. The van der Waals surface area contributed by atoms with E-state index in [4.69, 9.17) is 5.11 Å². The second kappa shape index (κ2) is 4.25. The molecule has 0 saturated heterocycles. The smallest absolute Gasteiger partial charge is 0.347 e. The number of hydrogen-bond donors (Lipinski definition) is 1. The average Bonchev–Trinajstić information content (AvgIpc) is 2.60. The van der Waals surface area contributed by atoms with Gasteiger partial charge in [-0.25, -0.2) is 9.78 Å². The van der Waals surface area contributed by atoms with Crippen LogP contribution in [0.4, 0.5) is 0 Å². The molecule has 0 atom stereocenters. The number of hydrogen-bond acceptors (Lipinski definition) is 4. The minimum Gasteiger partial charge on any atom is -0.477 e. The molecule has 2 rings (SSSR count). The van der Waals surface area contributed by atoms with Gasteiger partial charge in [0.05, 0.1) is 5.69 Å². The lowest BCUT2D eigenvalue weighted by atomic mass is 10.2. The van der Waals surface area contributed by atoms with Crippen molar-refractivity contribution in [1.82, 2.24) is 9.97 Å². The van der Waals surface area contributed by atoms with E-state index in [2.05, 4.69) is 9.97 Å². The van der Waals surface area contributed by atoms with Crippen LogP contribution in [0.2, 0.25) is 0 Å². The number of aromatic carboxylic acids is 1. The summed E-state index contributed by atoms with van der Waals surface area (Å²) >= 11 is 1.17. The molecule has 0 aliphatic carbocycles. The molecule has 0 saturated carbocycles. The summed E-state index contributed by atoms with van der Waals surface area (Å²) in [5.74, 6) is -0.934. The summed E-state index contributed by atoms with van der Waals surface area (Å²) in [6.07, 6.45) is 1.76.